The van der Waals surface area contributed by atoms with Crippen LogP contribution in [-0.2, 0) is 4.79 Å². The van der Waals surface area contributed by atoms with Crippen molar-refractivity contribution in [3.63, 3.8) is 0 Å². The van der Waals surface area contributed by atoms with Crippen LogP contribution in [0.4, 0.5) is 5.69 Å². The Bertz CT molecular complexity index is 1010. The Morgan fingerprint density at radius 1 is 0.923 bits per heavy atom. The summed E-state index contributed by atoms with van der Waals surface area (Å²) < 4.78 is 0. The second kappa shape index (κ2) is 10.7. The molecule has 1 amide bonds. The second-order valence-corrected chi connectivity index (χ2v) is 14.7. The monoisotopic (exact) mass is 536 g/mol. The van der Waals surface area contributed by atoms with Crippen molar-refractivity contribution in [1.29, 1.82) is 0 Å². The number of benzene rings is 1. The van der Waals surface area contributed by atoms with Gasteiger partial charge in [-0.25, -0.2) is 0 Å². The van der Waals surface area contributed by atoms with Crippen LogP contribution in [0.25, 0.3) is 0 Å². The van der Waals surface area contributed by atoms with Gasteiger partial charge in [0.15, 0.2) is 0 Å². The van der Waals surface area contributed by atoms with E-state index in [1.54, 1.807) is 0 Å². The van der Waals surface area contributed by atoms with Gasteiger partial charge in [0.2, 0.25) is 5.91 Å². The minimum atomic E-state index is -0.215. The number of hydrogen-bond donors (Lipinski definition) is 2. The zero-order chi connectivity index (χ0) is 27.4. The van der Waals surface area contributed by atoms with Crippen LogP contribution in [0.2, 0.25) is 0 Å². The summed E-state index contributed by atoms with van der Waals surface area (Å²) in [6.45, 7) is 10.9. The molecule has 5 aliphatic rings. The minimum absolute atomic E-state index is 0.173. The smallest absolute Gasteiger partial charge is 0.222 e. The van der Waals surface area contributed by atoms with Crippen LogP contribution in [0, 0.1) is 46.3 Å². The number of nitrogens with zero attached hydrogens (tertiary/aromatic N) is 2. The van der Waals surface area contributed by atoms with Crippen molar-refractivity contribution in [2.75, 3.05) is 31.1 Å². The molecule has 5 nitrogen and oxygen atoms in total. The highest BCUT2D eigenvalue weighted by molar-refractivity contribution is 5.76. The van der Waals surface area contributed by atoms with Crippen LogP contribution in [0.3, 0.4) is 0 Å². The first-order valence-electron chi connectivity index (χ1n) is 16.1. The number of amides is 1. The number of para-hydroxylation sites is 1. The van der Waals surface area contributed by atoms with Crippen LogP contribution < -0.4 is 4.90 Å². The predicted octanol–water partition coefficient (Wildman–Crippen LogP) is 5.74. The number of carbonyl (C=O) groups excluding carboxylic acids is 1. The van der Waals surface area contributed by atoms with E-state index in [1.165, 1.54) is 31.4 Å². The van der Waals surface area contributed by atoms with E-state index in [-0.39, 0.29) is 23.0 Å². The largest absolute Gasteiger partial charge is 0.393 e. The molecule has 1 heterocycles. The summed E-state index contributed by atoms with van der Waals surface area (Å²) in [5.74, 6) is 3.61. The summed E-state index contributed by atoms with van der Waals surface area (Å²) in [6, 6.07) is 10.5. The zero-order valence-corrected chi connectivity index (χ0v) is 24.6. The van der Waals surface area contributed by atoms with E-state index in [2.05, 4.69) is 60.9 Å². The fourth-order valence-electron chi connectivity index (χ4n) is 10.7. The lowest BCUT2D eigenvalue weighted by atomic mass is 9.43. The summed E-state index contributed by atoms with van der Waals surface area (Å²) in [4.78, 5) is 17.7. The maximum absolute atomic E-state index is 13.2. The van der Waals surface area contributed by atoms with Gasteiger partial charge in [0.1, 0.15) is 0 Å². The van der Waals surface area contributed by atoms with Gasteiger partial charge < -0.3 is 20.0 Å². The number of carbonyl (C=O) groups is 1. The highest BCUT2D eigenvalue weighted by Crippen LogP contribution is 2.68. The highest BCUT2D eigenvalue weighted by Gasteiger charge is 2.62. The third-order valence-electron chi connectivity index (χ3n) is 13.0. The Morgan fingerprint density at radius 3 is 2.36 bits per heavy atom. The van der Waals surface area contributed by atoms with Gasteiger partial charge in [-0.2, -0.15) is 0 Å². The molecular formula is C34H52N2O3. The highest BCUT2D eigenvalue weighted by atomic mass is 16.3. The van der Waals surface area contributed by atoms with Crippen LogP contribution in [0.1, 0.15) is 85.0 Å². The fraction of sp³-hybridized carbons (Fsp3) is 0.794. The van der Waals surface area contributed by atoms with Gasteiger partial charge in [0.25, 0.3) is 0 Å². The Kier molecular flexibility index (Phi) is 7.54. The Balaban J connectivity index is 1.05. The number of aliphatic hydroxyl groups is 2. The van der Waals surface area contributed by atoms with E-state index in [1.807, 2.05) is 0 Å². The van der Waals surface area contributed by atoms with Crippen LogP contribution in [-0.4, -0.2) is 59.4 Å². The van der Waals surface area contributed by atoms with Gasteiger partial charge in [0, 0.05) is 38.3 Å². The van der Waals surface area contributed by atoms with E-state index in [9.17, 15) is 15.0 Å². The number of fused-ring (bicyclic) bond motifs is 5. The van der Waals surface area contributed by atoms with Crippen molar-refractivity contribution in [2.24, 2.45) is 46.3 Å². The van der Waals surface area contributed by atoms with E-state index in [4.69, 9.17) is 0 Å². The molecule has 39 heavy (non-hydrogen) atoms. The molecule has 1 aliphatic heterocycles. The van der Waals surface area contributed by atoms with E-state index < -0.39 is 0 Å². The molecule has 4 saturated carbocycles. The van der Waals surface area contributed by atoms with Crippen LogP contribution >= 0.6 is 0 Å². The number of hydrogen-bond acceptors (Lipinski definition) is 4. The molecule has 1 aromatic rings. The SMILES string of the molecule is C[C@H](CCC(=O)N1CCN(c2ccccc2)CC1)[C@H]1CC[C@H]2[C@@H]3[C@@H](O)C[C@@H]4C[C@H](O)CC[C@]4(C)[C@H]3CC[C@]12C. The molecule has 4 aliphatic carbocycles. The molecule has 10 atom stereocenters. The van der Waals surface area contributed by atoms with E-state index in [0.717, 1.165) is 58.3 Å². The minimum Gasteiger partial charge on any atom is -0.393 e. The quantitative estimate of drug-likeness (QED) is 0.504. The maximum atomic E-state index is 13.2. The first kappa shape index (κ1) is 27.6. The summed E-state index contributed by atoms with van der Waals surface area (Å²) in [7, 11) is 0. The van der Waals surface area contributed by atoms with Gasteiger partial charge in [-0.1, -0.05) is 39.0 Å². The van der Waals surface area contributed by atoms with Gasteiger partial charge in [-0.05, 0) is 116 Å². The van der Waals surface area contributed by atoms with E-state index in [0.29, 0.717) is 47.8 Å². The second-order valence-electron chi connectivity index (χ2n) is 14.7. The van der Waals surface area contributed by atoms with Gasteiger partial charge in [0.05, 0.1) is 12.2 Å². The van der Waals surface area contributed by atoms with Crippen LogP contribution in [0.15, 0.2) is 30.3 Å². The first-order chi connectivity index (χ1) is 18.7. The summed E-state index contributed by atoms with van der Waals surface area (Å²) in [5, 5.41) is 21.9. The lowest BCUT2D eigenvalue weighted by Gasteiger charge is -2.62. The molecule has 5 fully saturated rings. The number of aliphatic hydroxyl groups excluding tert-OH is 2. The van der Waals surface area contributed by atoms with Crippen molar-refractivity contribution in [1.82, 2.24) is 4.90 Å². The molecule has 1 saturated heterocycles. The molecule has 0 unspecified atom stereocenters. The van der Waals surface area contributed by atoms with Crippen molar-refractivity contribution < 1.29 is 15.0 Å². The molecule has 0 aromatic heterocycles. The average molecular weight is 537 g/mol. The molecule has 216 valence electrons. The first-order valence-corrected chi connectivity index (χ1v) is 16.1. The molecular weight excluding hydrogens is 484 g/mol. The normalized spacial score (nSPS) is 42.8. The molecule has 6 rings (SSSR count). The lowest BCUT2D eigenvalue weighted by molar-refractivity contribution is -0.174. The standard InChI is InChI=1S/C34H52N2O3/c1-23(9-12-31(39)36-19-17-35(18-20-36)25-7-5-4-6-8-25)27-10-11-28-32-29(14-16-34(27,28)3)33(2)15-13-26(37)21-24(33)22-30(32)38/h4-8,23-24,26-30,32,37-38H,9-22H2,1-3H3/t23-,24+,26-,27-,28+,29+,30+,32+,33+,34-/m1/s1. The average Bonchev–Trinajstić information content (AvgIpc) is 3.30. The van der Waals surface area contributed by atoms with Crippen LogP contribution in [0.5, 0.6) is 0 Å². The lowest BCUT2D eigenvalue weighted by Crippen LogP contribution is -2.58. The number of anilines is 1. The van der Waals surface area contributed by atoms with Gasteiger partial charge in [-0.3, -0.25) is 4.79 Å². The molecule has 0 radical (unpaired) electrons. The maximum Gasteiger partial charge on any atom is 0.222 e. The Hall–Kier alpha value is -1.59. The van der Waals surface area contributed by atoms with Crippen molar-refractivity contribution in [3.05, 3.63) is 30.3 Å². The predicted molar refractivity (Wildman–Crippen MR) is 156 cm³/mol. The number of piperazine rings is 1. The van der Waals surface area contributed by atoms with Gasteiger partial charge in [-0.15, -0.1) is 0 Å². The molecule has 1 aromatic carbocycles. The zero-order valence-electron chi connectivity index (χ0n) is 24.6. The third-order valence-corrected chi connectivity index (χ3v) is 13.0. The third kappa shape index (κ3) is 4.84. The summed E-state index contributed by atoms with van der Waals surface area (Å²) in [6.07, 6.45) is 10.1. The van der Waals surface area contributed by atoms with Crippen molar-refractivity contribution >= 4 is 11.6 Å². The van der Waals surface area contributed by atoms with Gasteiger partial charge >= 0.3 is 0 Å². The summed E-state index contributed by atoms with van der Waals surface area (Å²) in [5.41, 5.74) is 1.82. The molecule has 0 bridgehead atoms. The topological polar surface area (TPSA) is 64.0 Å². The summed E-state index contributed by atoms with van der Waals surface area (Å²) >= 11 is 0. The van der Waals surface area contributed by atoms with Crippen molar-refractivity contribution in [2.45, 2.75) is 97.2 Å². The molecule has 2 N–H and O–H groups in total. The van der Waals surface area contributed by atoms with Crippen molar-refractivity contribution in [3.8, 4) is 0 Å². The fourth-order valence-corrected chi connectivity index (χ4v) is 10.7. The molecule has 0 spiro atoms. The van der Waals surface area contributed by atoms with E-state index >= 15 is 0 Å². The Labute approximate surface area is 236 Å². The number of rotatable bonds is 5. The Morgan fingerprint density at radius 2 is 1.62 bits per heavy atom. The molecule has 5 heteroatoms.